The van der Waals surface area contributed by atoms with Gasteiger partial charge in [0, 0.05) is 52.4 Å². The lowest BCUT2D eigenvalue weighted by molar-refractivity contribution is -0.0180. The van der Waals surface area contributed by atoms with E-state index in [9.17, 15) is 5.11 Å². The molecule has 29 heavy (non-hydrogen) atoms. The monoisotopic (exact) mass is 524 g/mol. The molecule has 3 N–H and O–H groups in total. The van der Waals surface area contributed by atoms with Crippen molar-refractivity contribution in [2.75, 3.05) is 65.7 Å². The van der Waals surface area contributed by atoms with Crippen molar-refractivity contribution in [3.63, 3.8) is 0 Å². The molecule has 0 radical (unpaired) electrons. The van der Waals surface area contributed by atoms with Crippen LogP contribution in [0.2, 0.25) is 0 Å². The van der Waals surface area contributed by atoms with Gasteiger partial charge in [0.1, 0.15) is 5.76 Å². The highest BCUT2D eigenvalue weighted by atomic mass is 127. The van der Waals surface area contributed by atoms with E-state index in [4.69, 9.17) is 13.9 Å². The Hall–Kier alpha value is -0.880. The van der Waals surface area contributed by atoms with Gasteiger partial charge >= 0.3 is 0 Å². The fourth-order valence-electron chi connectivity index (χ4n) is 3.00. The van der Waals surface area contributed by atoms with Gasteiger partial charge in [-0.25, -0.2) is 0 Å². The van der Waals surface area contributed by atoms with Crippen molar-refractivity contribution in [2.45, 2.75) is 32.3 Å². The Labute approximate surface area is 191 Å². The Kier molecular flexibility index (Phi) is 13.5. The number of nitrogens with zero attached hydrogens (tertiary/aromatic N) is 2. The van der Waals surface area contributed by atoms with Gasteiger partial charge in [-0.1, -0.05) is 0 Å². The molecule has 1 aromatic heterocycles. The van der Waals surface area contributed by atoms with Crippen LogP contribution in [0.15, 0.2) is 27.8 Å². The summed E-state index contributed by atoms with van der Waals surface area (Å²) < 4.78 is 16.1. The van der Waals surface area contributed by atoms with Gasteiger partial charge in [0.05, 0.1) is 31.6 Å². The van der Waals surface area contributed by atoms with Crippen molar-refractivity contribution in [2.24, 2.45) is 4.99 Å². The minimum atomic E-state index is -0.891. The second-order valence-electron chi connectivity index (χ2n) is 7.28. The molecule has 2 heterocycles. The predicted octanol–water partition coefficient (Wildman–Crippen LogP) is 1.49. The number of aliphatic hydroxyl groups is 1. The van der Waals surface area contributed by atoms with Crippen molar-refractivity contribution in [3.8, 4) is 0 Å². The van der Waals surface area contributed by atoms with Crippen molar-refractivity contribution in [1.82, 2.24) is 15.5 Å². The SMILES string of the molecule is CCOCCCNC(=NCC(C)(O)CN1CCOCC1)NCCc1ccco1.I. The molecule has 9 heteroatoms. The highest BCUT2D eigenvalue weighted by Crippen LogP contribution is 2.09. The number of β-amino-alcohol motifs (C(OH)–C–C–N with tert-alkyl or cyclic N) is 1. The van der Waals surface area contributed by atoms with Crippen LogP contribution < -0.4 is 10.6 Å². The number of hydrogen-bond acceptors (Lipinski definition) is 6. The molecule has 168 valence electrons. The molecule has 0 bridgehead atoms. The third-order valence-electron chi connectivity index (χ3n) is 4.45. The zero-order valence-electron chi connectivity index (χ0n) is 17.7. The van der Waals surface area contributed by atoms with Crippen molar-refractivity contribution < 1.29 is 19.0 Å². The number of rotatable bonds is 12. The minimum Gasteiger partial charge on any atom is -0.469 e. The quantitative estimate of drug-likeness (QED) is 0.165. The molecule has 0 amide bonds. The third kappa shape index (κ3) is 11.8. The highest BCUT2D eigenvalue weighted by Gasteiger charge is 2.25. The largest absolute Gasteiger partial charge is 0.469 e. The van der Waals surface area contributed by atoms with E-state index in [1.54, 1.807) is 6.26 Å². The molecule has 1 saturated heterocycles. The van der Waals surface area contributed by atoms with Crippen LogP contribution in [-0.4, -0.2) is 87.3 Å². The normalized spacial score (nSPS) is 17.4. The summed E-state index contributed by atoms with van der Waals surface area (Å²) in [6.07, 6.45) is 3.35. The smallest absolute Gasteiger partial charge is 0.191 e. The maximum absolute atomic E-state index is 10.8. The van der Waals surface area contributed by atoms with E-state index in [1.165, 1.54) is 0 Å². The molecule has 0 aliphatic carbocycles. The number of aliphatic imine (C=N–C) groups is 1. The van der Waals surface area contributed by atoms with E-state index < -0.39 is 5.60 Å². The molecule has 8 nitrogen and oxygen atoms in total. The second kappa shape index (κ2) is 15.0. The lowest BCUT2D eigenvalue weighted by Gasteiger charge is -2.33. The number of halogens is 1. The van der Waals surface area contributed by atoms with E-state index in [1.807, 2.05) is 26.0 Å². The molecule has 1 atom stereocenters. The number of morpholine rings is 1. The fraction of sp³-hybridized carbons (Fsp3) is 0.750. The lowest BCUT2D eigenvalue weighted by atomic mass is 10.1. The van der Waals surface area contributed by atoms with Gasteiger partial charge in [-0.15, -0.1) is 24.0 Å². The van der Waals surface area contributed by atoms with E-state index in [0.29, 0.717) is 25.6 Å². The average molecular weight is 524 g/mol. The van der Waals surface area contributed by atoms with Crippen LogP contribution in [0.4, 0.5) is 0 Å². The molecule has 0 spiro atoms. The van der Waals surface area contributed by atoms with Crippen molar-refractivity contribution >= 4 is 29.9 Å². The molecule has 1 unspecified atom stereocenters. The predicted molar refractivity (Wildman–Crippen MR) is 125 cm³/mol. The summed E-state index contributed by atoms with van der Waals surface area (Å²) in [5.41, 5.74) is -0.891. The zero-order chi connectivity index (χ0) is 20.1. The average Bonchev–Trinajstić information content (AvgIpc) is 3.19. The Bertz CT molecular complexity index is 549. The minimum absolute atomic E-state index is 0. The summed E-state index contributed by atoms with van der Waals surface area (Å²) in [6.45, 7) is 10.8. The summed E-state index contributed by atoms with van der Waals surface area (Å²) in [7, 11) is 0. The molecule has 0 saturated carbocycles. The molecule has 1 aromatic rings. The first-order valence-corrected chi connectivity index (χ1v) is 10.2. The van der Waals surface area contributed by atoms with Crippen LogP contribution in [0.1, 0.15) is 26.0 Å². The number of hydrogen-bond donors (Lipinski definition) is 3. The molecule has 1 aliphatic rings. The van der Waals surface area contributed by atoms with Crippen LogP contribution in [0.3, 0.4) is 0 Å². The maximum Gasteiger partial charge on any atom is 0.191 e. The van der Waals surface area contributed by atoms with Crippen LogP contribution in [0, 0.1) is 0 Å². The summed E-state index contributed by atoms with van der Waals surface area (Å²) in [5, 5.41) is 17.4. The third-order valence-corrected chi connectivity index (χ3v) is 4.45. The van der Waals surface area contributed by atoms with Gasteiger partial charge < -0.3 is 29.6 Å². The van der Waals surface area contributed by atoms with Gasteiger partial charge in [0.25, 0.3) is 0 Å². The molecule has 0 aromatic carbocycles. The van der Waals surface area contributed by atoms with Crippen LogP contribution in [0.25, 0.3) is 0 Å². The number of nitrogens with one attached hydrogen (secondary N) is 2. The van der Waals surface area contributed by atoms with Crippen LogP contribution >= 0.6 is 24.0 Å². The molecule has 1 aliphatic heterocycles. The standard InChI is InChI=1S/C20H36N4O4.HI/c1-3-26-12-5-8-21-19(22-9-7-18-6-4-13-28-18)23-16-20(2,25)17-24-10-14-27-15-11-24;/h4,6,13,25H,3,5,7-12,14-17H2,1-2H3,(H2,21,22,23);1H. The summed E-state index contributed by atoms with van der Waals surface area (Å²) >= 11 is 0. The van der Waals surface area contributed by atoms with Crippen molar-refractivity contribution in [3.05, 3.63) is 24.2 Å². The van der Waals surface area contributed by atoms with E-state index in [2.05, 4.69) is 20.5 Å². The van der Waals surface area contributed by atoms with Gasteiger partial charge in [0.2, 0.25) is 0 Å². The highest BCUT2D eigenvalue weighted by molar-refractivity contribution is 14.0. The molecular weight excluding hydrogens is 487 g/mol. The topological polar surface area (TPSA) is 91.5 Å². The Morgan fingerprint density at radius 3 is 2.76 bits per heavy atom. The van der Waals surface area contributed by atoms with Gasteiger partial charge in [-0.3, -0.25) is 9.89 Å². The molecule has 2 rings (SSSR count). The van der Waals surface area contributed by atoms with Crippen LogP contribution in [0.5, 0.6) is 0 Å². The lowest BCUT2D eigenvalue weighted by Crippen LogP contribution is -2.48. The molecular formula is C20H37IN4O4. The van der Waals surface area contributed by atoms with Crippen LogP contribution in [-0.2, 0) is 15.9 Å². The number of ether oxygens (including phenoxy) is 2. The Balaban J connectivity index is 0.00000420. The first-order valence-electron chi connectivity index (χ1n) is 10.2. The first-order chi connectivity index (χ1) is 13.6. The van der Waals surface area contributed by atoms with Gasteiger partial charge in [-0.05, 0) is 32.4 Å². The Morgan fingerprint density at radius 2 is 2.07 bits per heavy atom. The maximum atomic E-state index is 10.8. The van der Waals surface area contributed by atoms with E-state index in [0.717, 1.165) is 64.7 Å². The first kappa shape index (κ1) is 26.2. The van der Waals surface area contributed by atoms with Crippen molar-refractivity contribution in [1.29, 1.82) is 0 Å². The molecule has 1 fully saturated rings. The summed E-state index contributed by atoms with van der Waals surface area (Å²) in [5.74, 6) is 1.63. The number of guanidine groups is 1. The Morgan fingerprint density at radius 1 is 1.31 bits per heavy atom. The van der Waals surface area contributed by atoms with E-state index in [-0.39, 0.29) is 24.0 Å². The second-order valence-corrected chi connectivity index (χ2v) is 7.28. The zero-order valence-corrected chi connectivity index (χ0v) is 20.0. The summed E-state index contributed by atoms with van der Waals surface area (Å²) in [6, 6.07) is 3.85. The summed E-state index contributed by atoms with van der Waals surface area (Å²) in [4.78, 5) is 6.83. The van der Waals surface area contributed by atoms with Gasteiger partial charge in [0.15, 0.2) is 5.96 Å². The fourth-order valence-corrected chi connectivity index (χ4v) is 3.00. The van der Waals surface area contributed by atoms with E-state index >= 15 is 0 Å². The van der Waals surface area contributed by atoms with Gasteiger partial charge in [-0.2, -0.15) is 0 Å². The number of furan rings is 1.